The minimum Gasteiger partial charge on any atom is -0.484 e. The Bertz CT molecular complexity index is 1020. The fraction of sp³-hybridized carbons (Fsp3) is 0.167. The number of primary amides is 1. The summed E-state index contributed by atoms with van der Waals surface area (Å²) in [6.07, 6.45) is 0. The second-order valence-electron chi connectivity index (χ2n) is 5.68. The van der Waals surface area contributed by atoms with Crippen molar-refractivity contribution in [3.63, 3.8) is 0 Å². The molecule has 0 bridgehead atoms. The summed E-state index contributed by atoms with van der Waals surface area (Å²) in [6.45, 7) is -0.763. The Morgan fingerprint density at radius 2 is 2.04 bits per heavy atom. The van der Waals surface area contributed by atoms with Gasteiger partial charge < -0.3 is 30.5 Å². The van der Waals surface area contributed by atoms with Gasteiger partial charge in [0.25, 0.3) is 5.91 Å². The SMILES string of the molecule is N#CC1=C(N)Oc2c(oc(CO)cc2=O)[C@@H]1c1ccc(OCC(N)=O)cc1. The number of nitrogens with two attached hydrogens (primary N) is 2. The lowest BCUT2D eigenvalue weighted by Crippen LogP contribution is -2.25. The van der Waals surface area contributed by atoms with Crippen molar-refractivity contribution < 1.29 is 23.8 Å². The van der Waals surface area contributed by atoms with E-state index in [2.05, 4.69) is 0 Å². The molecule has 1 amide bonds. The highest BCUT2D eigenvalue weighted by molar-refractivity contribution is 5.75. The molecule has 27 heavy (non-hydrogen) atoms. The first-order valence-electron chi connectivity index (χ1n) is 7.81. The molecule has 0 spiro atoms. The summed E-state index contributed by atoms with van der Waals surface area (Å²) >= 11 is 0. The standard InChI is InChI=1S/C18H15N3O6/c19-6-12-15(9-1-3-10(4-2-9)25-8-14(20)24)17-16(27-18(12)21)13(23)5-11(7-22)26-17/h1-5,15,22H,7-8,21H2,(H2,20,24)/t15-/m1/s1. The maximum atomic E-state index is 12.2. The number of aliphatic hydroxyl groups is 1. The summed E-state index contributed by atoms with van der Waals surface area (Å²) in [5.74, 6) is -1.25. The number of hydrogen-bond donors (Lipinski definition) is 3. The van der Waals surface area contributed by atoms with Gasteiger partial charge in [-0.3, -0.25) is 9.59 Å². The van der Waals surface area contributed by atoms with Crippen LogP contribution in [0.1, 0.15) is 23.0 Å². The second-order valence-corrected chi connectivity index (χ2v) is 5.68. The third-order valence-electron chi connectivity index (χ3n) is 3.88. The van der Waals surface area contributed by atoms with Crippen LogP contribution in [0.5, 0.6) is 11.5 Å². The summed E-state index contributed by atoms with van der Waals surface area (Å²) in [5.41, 5.74) is 11.0. The van der Waals surface area contributed by atoms with Crippen LogP contribution in [0.2, 0.25) is 0 Å². The molecule has 2 heterocycles. The monoisotopic (exact) mass is 369 g/mol. The quantitative estimate of drug-likeness (QED) is 0.674. The van der Waals surface area contributed by atoms with Gasteiger partial charge in [-0.25, -0.2) is 0 Å². The summed E-state index contributed by atoms with van der Waals surface area (Å²) < 4.78 is 16.1. The molecule has 0 saturated carbocycles. The average Bonchev–Trinajstić information content (AvgIpc) is 2.66. The minimum atomic E-state index is -0.803. The number of hydrogen-bond acceptors (Lipinski definition) is 8. The van der Waals surface area contributed by atoms with E-state index in [9.17, 15) is 20.0 Å². The van der Waals surface area contributed by atoms with Gasteiger partial charge in [-0.2, -0.15) is 5.26 Å². The molecule has 0 saturated heterocycles. The summed E-state index contributed by atoms with van der Waals surface area (Å²) in [5, 5.41) is 18.8. The van der Waals surface area contributed by atoms with E-state index in [0.717, 1.165) is 6.07 Å². The number of rotatable bonds is 5. The number of nitrogens with zero attached hydrogens (tertiary/aromatic N) is 1. The molecule has 1 aromatic carbocycles. The van der Waals surface area contributed by atoms with Crippen LogP contribution >= 0.6 is 0 Å². The van der Waals surface area contributed by atoms with E-state index < -0.39 is 23.9 Å². The van der Waals surface area contributed by atoms with E-state index in [1.54, 1.807) is 24.3 Å². The molecule has 138 valence electrons. The van der Waals surface area contributed by atoms with Gasteiger partial charge in [0.1, 0.15) is 29.8 Å². The number of benzene rings is 1. The molecule has 0 fully saturated rings. The Kier molecular flexibility index (Phi) is 4.83. The lowest BCUT2D eigenvalue weighted by atomic mass is 9.87. The molecule has 1 atom stereocenters. The fourth-order valence-corrected chi connectivity index (χ4v) is 2.71. The summed E-state index contributed by atoms with van der Waals surface area (Å²) in [4.78, 5) is 23.0. The van der Waals surface area contributed by atoms with Crippen molar-refractivity contribution in [1.82, 2.24) is 0 Å². The molecule has 1 aliphatic rings. The zero-order valence-electron chi connectivity index (χ0n) is 14.0. The van der Waals surface area contributed by atoms with Crippen molar-refractivity contribution in [2.24, 2.45) is 11.5 Å². The van der Waals surface area contributed by atoms with E-state index in [-0.39, 0.29) is 35.3 Å². The predicted octanol–water partition coefficient (Wildman–Crippen LogP) is 0.214. The largest absolute Gasteiger partial charge is 0.484 e. The summed E-state index contributed by atoms with van der Waals surface area (Å²) in [7, 11) is 0. The van der Waals surface area contributed by atoms with Gasteiger partial charge in [0.05, 0.1) is 5.92 Å². The molecular formula is C18H15N3O6. The van der Waals surface area contributed by atoms with E-state index >= 15 is 0 Å². The molecule has 0 unspecified atom stereocenters. The van der Waals surface area contributed by atoms with Gasteiger partial charge in [0.15, 0.2) is 12.4 Å². The molecule has 3 rings (SSSR count). The number of nitriles is 1. The van der Waals surface area contributed by atoms with Gasteiger partial charge in [0.2, 0.25) is 17.1 Å². The van der Waals surface area contributed by atoms with Crippen molar-refractivity contribution in [3.05, 3.63) is 69.1 Å². The first kappa shape index (κ1) is 18.0. The number of ether oxygens (including phenoxy) is 2. The van der Waals surface area contributed by atoms with Gasteiger partial charge in [-0.1, -0.05) is 12.1 Å². The Labute approximate surface area is 153 Å². The van der Waals surface area contributed by atoms with E-state index in [0.29, 0.717) is 11.3 Å². The zero-order chi connectivity index (χ0) is 19.6. The minimum absolute atomic E-state index is 0.0338. The molecule has 9 heteroatoms. The van der Waals surface area contributed by atoms with E-state index in [1.807, 2.05) is 6.07 Å². The molecular weight excluding hydrogens is 354 g/mol. The molecule has 2 aromatic rings. The smallest absolute Gasteiger partial charge is 0.255 e. The fourth-order valence-electron chi connectivity index (χ4n) is 2.71. The van der Waals surface area contributed by atoms with Crippen LogP contribution in [0.25, 0.3) is 0 Å². The van der Waals surface area contributed by atoms with Crippen LogP contribution in [0.15, 0.2) is 51.0 Å². The molecule has 0 radical (unpaired) electrons. The Balaban J connectivity index is 2.08. The maximum Gasteiger partial charge on any atom is 0.255 e. The number of allylic oxidation sites excluding steroid dienone is 1. The molecule has 9 nitrogen and oxygen atoms in total. The third-order valence-corrected chi connectivity index (χ3v) is 3.88. The van der Waals surface area contributed by atoms with E-state index in [4.69, 9.17) is 25.4 Å². The Morgan fingerprint density at radius 1 is 1.33 bits per heavy atom. The highest BCUT2D eigenvalue weighted by Gasteiger charge is 2.35. The van der Waals surface area contributed by atoms with Gasteiger partial charge in [-0.15, -0.1) is 0 Å². The van der Waals surface area contributed by atoms with Crippen LogP contribution in [0, 0.1) is 11.3 Å². The molecule has 1 aromatic heterocycles. The predicted molar refractivity (Wildman–Crippen MR) is 91.3 cm³/mol. The normalized spacial score (nSPS) is 15.5. The number of aliphatic hydroxyl groups excluding tert-OH is 1. The third kappa shape index (κ3) is 3.47. The highest BCUT2D eigenvalue weighted by atomic mass is 16.5. The average molecular weight is 369 g/mol. The van der Waals surface area contributed by atoms with E-state index in [1.165, 1.54) is 0 Å². The van der Waals surface area contributed by atoms with Crippen molar-refractivity contribution in [2.45, 2.75) is 12.5 Å². The zero-order valence-corrected chi connectivity index (χ0v) is 14.0. The summed E-state index contributed by atoms with van der Waals surface area (Å²) in [6, 6.07) is 9.48. The van der Waals surface area contributed by atoms with Crippen LogP contribution in [0.3, 0.4) is 0 Å². The highest BCUT2D eigenvalue weighted by Crippen LogP contribution is 2.41. The molecule has 5 N–H and O–H groups in total. The Morgan fingerprint density at radius 3 is 2.63 bits per heavy atom. The van der Waals surface area contributed by atoms with Gasteiger partial charge in [-0.05, 0) is 17.7 Å². The van der Waals surface area contributed by atoms with Crippen molar-refractivity contribution in [2.75, 3.05) is 6.61 Å². The van der Waals surface area contributed by atoms with Crippen LogP contribution in [-0.4, -0.2) is 17.6 Å². The number of carbonyl (C=O) groups is 1. The van der Waals surface area contributed by atoms with Crippen molar-refractivity contribution in [1.29, 1.82) is 5.26 Å². The van der Waals surface area contributed by atoms with Crippen LogP contribution in [0.4, 0.5) is 0 Å². The molecule has 0 aliphatic carbocycles. The van der Waals surface area contributed by atoms with Crippen LogP contribution in [-0.2, 0) is 11.4 Å². The van der Waals surface area contributed by atoms with Gasteiger partial charge in [0, 0.05) is 6.07 Å². The van der Waals surface area contributed by atoms with Crippen molar-refractivity contribution in [3.8, 4) is 17.6 Å². The second kappa shape index (κ2) is 7.23. The van der Waals surface area contributed by atoms with Crippen LogP contribution < -0.4 is 26.4 Å². The number of fused-ring (bicyclic) bond motifs is 1. The first-order chi connectivity index (χ1) is 12.9. The first-order valence-corrected chi connectivity index (χ1v) is 7.81. The molecule has 1 aliphatic heterocycles. The maximum absolute atomic E-state index is 12.2. The Hall–Kier alpha value is -3.77. The topological polar surface area (TPSA) is 162 Å². The van der Waals surface area contributed by atoms with Crippen molar-refractivity contribution >= 4 is 5.91 Å². The lowest BCUT2D eigenvalue weighted by Gasteiger charge is -2.24. The van der Waals surface area contributed by atoms with Gasteiger partial charge >= 0.3 is 0 Å². The number of carbonyl (C=O) groups excluding carboxylic acids is 1. The number of amides is 1. The lowest BCUT2D eigenvalue weighted by molar-refractivity contribution is -0.119.